The molecule has 2 amide bonds. The van der Waals surface area contributed by atoms with Crippen LogP contribution in [0.1, 0.15) is 6.42 Å². The third kappa shape index (κ3) is 7.51. The summed E-state index contributed by atoms with van der Waals surface area (Å²) in [4.78, 5) is 21.7. The Morgan fingerprint density at radius 3 is 2.57 bits per heavy atom. The molecule has 0 fully saturated rings. The number of carbonyl (C=O) groups excluding carboxylic acids is 2. The summed E-state index contributed by atoms with van der Waals surface area (Å²) in [6.45, 7) is 1.03. The zero-order valence-electron chi connectivity index (χ0n) is 8.34. The molecule has 0 radical (unpaired) electrons. The SMILES string of the molecule is COCCCNC(=O)CNC(=O)CN. The minimum atomic E-state index is -0.336. The quantitative estimate of drug-likeness (QED) is 0.426. The Morgan fingerprint density at radius 1 is 1.29 bits per heavy atom. The lowest BCUT2D eigenvalue weighted by atomic mass is 10.4. The number of rotatable bonds is 7. The molecule has 0 spiro atoms. The monoisotopic (exact) mass is 203 g/mol. The molecule has 0 saturated heterocycles. The Kier molecular flexibility index (Phi) is 7.77. The molecule has 14 heavy (non-hydrogen) atoms. The van der Waals surface area contributed by atoms with Crippen LogP contribution in [0.4, 0.5) is 0 Å². The van der Waals surface area contributed by atoms with E-state index in [4.69, 9.17) is 10.5 Å². The molecule has 6 heteroatoms. The van der Waals surface area contributed by atoms with Crippen LogP contribution >= 0.6 is 0 Å². The van der Waals surface area contributed by atoms with E-state index in [0.29, 0.717) is 13.2 Å². The maximum Gasteiger partial charge on any atom is 0.239 e. The lowest BCUT2D eigenvalue weighted by Crippen LogP contribution is -2.39. The number of nitrogens with one attached hydrogen (secondary N) is 2. The van der Waals surface area contributed by atoms with E-state index in [-0.39, 0.29) is 24.9 Å². The summed E-state index contributed by atoms with van der Waals surface area (Å²) < 4.78 is 4.80. The first-order valence-corrected chi connectivity index (χ1v) is 4.43. The van der Waals surface area contributed by atoms with Crippen LogP contribution < -0.4 is 16.4 Å². The van der Waals surface area contributed by atoms with Gasteiger partial charge in [0, 0.05) is 20.3 Å². The molecule has 4 N–H and O–H groups in total. The normalized spacial score (nSPS) is 9.57. The number of ether oxygens (including phenoxy) is 1. The largest absolute Gasteiger partial charge is 0.385 e. The van der Waals surface area contributed by atoms with E-state index < -0.39 is 0 Å². The van der Waals surface area contributed by atoms with Gasteiger partial charge in [0.2, 0.25) is 11.8 Å². The van der Waals surface area contributed by atoms with Gasteiger partial charge in [0.25, 0.3) is 0 Å². The van der Waals surface area contributed by atoms with Crippen LogP contribution in [0.2, 0.25) is 0 Å². The summed E-state index contributed by atoms with van der Waals surface area (Å²) in [5, 5.41) is 4.99. The predicted octanol–water partition coefficient (Wildman–Crippen LogP) is -1.79. The lowest BCUT2D eigenvalue weighted by Gasteiger charge is -2.05. The third-order valence-electron chi connectivity index (χ3n) is 1.48. The molecule has 82 valence electrons. The van der Waals surface area contributed by atoms with Gasteiger partial charge in [-0.25, -0.2) is 0 Å². The van der Waals surface area contributed by atoms with Gasteiger partial charge < -0.3 is 21.1 Å². The molecule has 0 aliphatic rings. The molecule has 0 aliphatic carbocycles. The van der Waals surface area contributed by atoms with Crippen molar-refractivity contribution in [1.82, 2.24) is 10.6 Å². The molecule has 0 saturated carbocycles. The molecule has 0 unspecified atom stereocenters. The highest BCUT2D eigenvalue weighted by Gasteiger charge is 2.02. The number of nitrogens with two attached hydrogens (primary N) is 1. The fourth-order valence-electron chi connectivity index (χ4n) is 0.758. The molecule has 0 atom stereocenters. The average molecular weight is 203 g/mol. The summed E-state index contributed by atoms with van der Waals surface area (Å²) >= 11 is 0. The second-order valence-corrected chi connectivity index (χ2v) is 2.68. The molecular formula is C8H17N3O3. The third-order valence-corrected chi connectivity index (χ3v) is 1.48. The van der Waals surface area contributed by atoms with Crippen LogP contribution in [0.5, 0.6) is 0 Å². The van der Waals surface area contributed by atoms with Crippen LogP contribution in [0.15, 0.2) is 0 Å². The van der Waals surface area contributed by atoms with Crippen molar-refractivity contribution >= 4 is 11.8 Å². The van der Waals surface area contributed by atoms with Crippen molar-refractivity contribution in [1.29, 1.82) is 0 Å². The number of hydrogen-bond acceptors (Lipinski definition) is 4. The van der Waals surface area contributed by atoms with Crippen molar-refractivity contribution in [2.75, 3.05) is 33.4 Å². The Balaban J connectivity index is 3.32. The Bertz CT molecular complexity index is 185. The summed E-state index contributed by atoms with van der Waals surface area (Å²) in [5.41, 5.74) is 5.04. The van der Waals surface area contributed by atoms with Crippen LogP contribution in [0.25, 0.3) is 0 Å². The van der Waals surface area contributed by atoms with Crippen LogP contribution in [-0.2, 0) is 14.3 Å². The first-order valence-electron chi connectivity index (χ1n) is 4.43. The van der Waals surface area contributed by atoms with Crippen molar-refractivity contribution in [3.8, 4) is 0 Å². The van der Waals surface area contributed by atoms with Gasteiger partial charge in [0.05, 0.1) is 13.1 Å². The molecule has 0 rings (SSSR count). The second-order valence-electron chi connectivity index (χ2n) is 2.68. The molecule has 0 aromatic carbocycles. The molecular weight excluding hydrogens is 186 g/mol. The zero-order valence-corrected chi connectivity index (χ0v) is 8.34. The van der Waals surface area contributed by atoms with Crippen molar-refractivity contribution in [2.24, 2.45) is 5.73 Å². The molecule has 0 bridgehead atoms. The summed E-state index contributed by atoms with van der Waals surface area (Å²) in [6, 6.07) is 0. The van der Waals surface area contributed by atoms with Gasteiger partial charge in [-0.2, -0.15) is 0 Å². The van der Waals surface area contributed by atoms with Crippen LogP contribution in [0, 0.1) is 0 Å². The van der Waals surface area contributed by atoms with Gasteiger partial charge in [0.1, 0.15) is 0 Å². The van der Waals surface area contributed by atoms with Crippen LogP contribution in [-0.4, -0.2) is 45.2 Å². The van der Waals surface area contributed by atoms with Crippen molar-refractivity contribution < 1.29 is 14.3 Å². The first-order chi connectivity index (χ1) is 6.70. The van der Waals surface area contributed by atoms with E-state index in [2.05, 4.69) is 10.6 Å². The predicted molar refractivity (Wildman–Crippen MR) is 51.6 cm³/mol. The van der Waals surface area contributed by atoms with Gasteiger partial charge in [0.15, 0.2) is 0 Å². The smallest absolute Gasteiger partial charge is 0.239 e. The van der Waals surface area contributed by atoms with Gasteiger partial charge in [-0.05, 0) is 6.42 Å². The van der Waals surface area contributed by atoms with E-state index >= 15 is 0 Å². The Hall–Kier alpha value is -1.14. The number of amides is 2. The molecule has 0 aromatic rings. The van der Waals surface area contributed by atoms with Gasteiger partial charge in [-0.3, -0.25) is 9.59 Å². The lowest BCUT2D eigenvalue weighted by molar-refractivity contribution is -0.125. The number of methoxy groups -OCH3 is 1. The number of carbonyl (C=O) groups is 2. The first kappa shape index (κ1) is 12.9. The van der Waals surface area contributed by atoms with E-state index in [1.54, 1.807) is 7.11 Å². The Labute approximate surface area is 83.2 Å². The Morgan fingerprint density at radius 2 is 2.00 bits per heavy atom. The molecule has 0 aliphatic heterocycles. The van der Waals surface area contributed by atoms with E-state index in [1.165, 1.54) is 0 Å². The van der Waals surface area contributed by atoms with Gasteiger partial charge in [-0.1, -0.05) is 0 Å². The molecule has 6 nitrogen and oxygen atoms in total. The zero-order chi connectivity index (χ0) is 10.8. The highest BCUT2D eigenvalue weighted by molar-refractivity contribution is 5.85. The highest BCUT2D eigenvalue weighted by atomic mass is 16.5. The standard InChI is InChI=1S/C8H17N3O3/c1-14-4-2-3-10-8(13)6-11-7(12)5-9/h2-6,9H2,1H3,(H,10,13)(H,11,12). The summed E-state index contributed by atoms with van der Waals surface area (Å²) in [7, 11) is 1.60. The van der Waals surface area contributed by atoms with Gasteiger partial charge in [-0.15, -0.1) is 0 Å². The summed E-state index contributed by atoms with van der Waals surface area (Å²) in [5.74, 6) is -0.556. The number of hydrogen-bond donors (Lipinski definition) is 3. The van der Waals surface area contributed by atoms with Gasteiger partial charge >= 0.3 is 0 Å². The highest BCUT2D eigenvalue weighted by Crippen LogP contribution is 1.76. The average Bonchev–Trinajstić information content (AvgIpc) is 2.21. The second kappa shape index (κ2) is 8.46. The minimum Gasteiger partial charge on any atom is -0.385 e. The van der Waals surface area contributed by atoms with Crippen LogP contribution in [0.3, 0.4) is 0 Å². The fraction of sp³-hybridized carbons (Fsp3) is 0.750. The maximum atomic E-state index is 11.0. The maximum absolute atomic E-state index is 11.0. The van der Waals surface area contributed by atoms with Crippen molar-refractivity contribution in [3.63, 3.8) is 0 Å². The fourth-order valence-corrected chi connectivity index (χ4v) is 0.758. The minimum absolute atomic E-state index is 0.0248. The van der Waals surface area contributed by atoms with Crippen molar-refractivity contribution in [3.05, 3.63) is 0 Å². The molecule has 0 aromatic heterocycles. The van der Waals surface area contributed by atoms with E-state index in [1.807, 2.05) is 0 Å². The van der Waals surface area contributed by atoms with Crippen molar-refractivity contribution in [2.45, 2.75) is 6.42 Å². The summed E-state index contributed by atoms with van der Waals surface area (Å²) in [6.07, 6.45) is 0.757. The topological polar surface area (TPSA) is 93.5 Å². The molecule has 0 heterocycles. The van der Waals surface area contributed by atoms with E-state index in [0.717, 1.165) is 6.42 Å². The van der Waals surface area contributed by atoms with E-state index in [9.17, 15) is 9.59 Å².